The van der Waals surface area contributed by atoms with Crippen LogP contribution in [0, 0.1) is 6.92 Å². The second-order valence-corrected chi connectivity index (χ2v) is 10.5. The number of hydrogen-bond donors (Lipinski definition) is 2. The van der Waals surface area contributed by atoms with Gasteiger partial charge in [0.1, 0.15) is 11.8 Å². The Morgan fingerprint density at radius 1 is 1.16 bits per heavy atom. The Kier molecular flexibility index (Phi) is 7.50. The van der Waals surface area contributed by atoms with Crippen LogP contribution in [0.15, 0.2) is 93.4 Å². The average molecular weight is 549 g/mol. The zero-order chi connectivity index (χ0) is 25.9. The number of furan rings is 1. The van der Waals surface area contributed by atoms with Gasteiger partial charge in [0.2, 0.25) is 5.91 Å². The highest BCUT2D eigenvalue weighted by atomic mass is 35.5. The topological polar surface area (TPSA) is 70.4 Å². The van der Waals surface area contributed by atoms with Crippen LogP contribution in [0.5, 0.6) is 0 Å². The summed E-state index contributed by atoms with van der Waals surface area (Å²) in [6.45, 7) is 3.80. The van der Waals surface area contributed by atoms with Gasteiger partial charge in [-0.2, -0.15) is 0 Å². The van der Waals surface area contributed by atoms with E-state index in [1.807, 2.05) is 86.6 Å². The fourth-order valence-electron chi connectivity index (χ4n) is 4.27. The zero-order valence-corrected chi connectivity index (χ0v) is 22.7. The third kappa shape index (κ3) is 5.51. The number of anilines is 2. The summed E-state index contributed by atoms with van der Waals surface area (Å²) < 4.78 is 6.38. The highest BCUT2D eigenvalue weighted by molar-refractivity contribution is 7.99. The molecule has 188 valence electrons. The van der Waals surface area contributed by atoms with E-state index in [2.05, 4.69) is 20.5 Å². The number of nitrogens with zero attached hydrogens (tertiary/aromatic N) is 2. The number of nitrogens with one attached hydrogen (secondary N) is 2. The van der Waals surface area contributed by atoms with Gasteiger partial charge in [-0.05, 0) is 91.4 Å². The lowest BCUT2D eigenvalue weighted by Crippen LogP contribution is -2.29. The number of benzene rings is 2. The van der Waals surface area contributed by atoms with Crippen LogP contribution < -0.4 is 15.5 Å². The number of aryl methyl sites for hydroxylation is 1. The average Bonchev–Trinajstić information content (AvgIpc) is 3.51. The van der Waals surface area contributed by atoms with E-state index in [0.29, 0.717) is 16.6 Å². The van der Waals surface area contributed by atoms with Crippen molar-refractivity contribution in [1.29, 1.82) is 0 Å². The minimum Gasteiger partial charge on any atom is -0.452 e. The monoisotopic (exact) mass is 548 g/mol. The van der Waals surface area contributed by atoms with Gasteiger partial charge in [-0.15, -0.1) is 0 Å². The molecule has 2 unspecified atom stereocenters. The van der Waals surface area contributed by atoms with Crippen molar-refractivity contribution in [2.45, 2.75) is 42.3 Å². The molecule has 0 radical (unpaired) electrons. The van der Waals surface area contributed by atoms with Crippen molar-refractivity contribution >= 4 is 58.0 Å². The number of carbonyl (C=O) groups excluding carboxylic acids is 1. The molecule has 0 spiro atoms. The number of hydrogen-bond acceptors (Lipinski definition) is 5. The minimum absolute atomic E-state index is 0.0244. The molecule has 2 N–H and O–H groups in total. The fourth-order valence-corrected chi connectivity index (χ4v) is 5.52. The van der Waals surface area contributed by atoms with Gasteiger partial charge in [0, 0.05) is 33.9 Å². The molecule has 1 fully saturated rings. The second kappa shape index (κ2) is 11.0. The number of aromatic nitrogens is 1. The standard InChI is InChI=1S/C28H25ClN4O2S2/c1-3-24(34)31-21-12-9-19(16-17(21)2)33-27(26(32-28(33)36)22-6-4-5-15-30-22)23-13-14-25(35-23)37-20-10-7-18(29)8-11-20/h4-16,26-27H,3H2,1-2H3,(H,31,34)(H,32,36). The smallest absolute Gasteiger partial charge is 0.224 e. The highest BCUT2D eigenvalue weighted by Crippen LogP contribution is 2.44. The van der Waals surface area contributed by atoms with Gasteiger partial charge in [-0.1, -0.05) is 36.4 Å². The summed E-state index contributed by atoms with van der Waals surface area (Å²) in [6.07, 6.45) is 2.20. The van der Waals surface area contributed by atoms with Crippen molar-refractivity contribution in [3.63, 3.8) is 0 Å². The molecule has 37 heavy (non-hydrogen) atoms. The Labute approximate surface area is 230 Å². The van der Waals surface area contributed by atoms with Crippen LogP contribution in [0.25, 0.3) is 0 Å². The lowest BCUT2D eigenvalue weighted by molar-refractivity contribution is -0.115. The number of rotatable bonds is 7. The molecule has 1 amide bonds. The van der Waals surface area contributed by atoms with Gasteiger partial charge < -0.3 is 20.0 Å². The Hall–Kier alpha value is -3.33. The van der Waals surface area contributed by atoms with Crippen LogP contribution >= 0.6 is 35.6 Å². The molecule has 2 aromatic carbocycles. The summed E-state index contributed by atoms with van der Waals surface area (Å²) in [7, 11) is 0. The molecule has 2 aromatic heterocycles. The van der Waals surface area contributed by atoms with Gasteiger partial charge in [-0.3, -0.25) is 9.78 Å². The quantitative estimate of drug-likeness (QED) is 0.234. The van der Waals surface area contributed by atoms with Crippen molar-refractivity contribution in [2.24, 2.45) is 0 Å². The van der Waals surface area contributed by atoms with Crippen molar-refractivity contribution in [1.82, 2.24) is 10.3 Å². The van der Waals surface area contributed by atoms with E-state index < -0.39 is 0 Å². The van der Waals surface area contributed by atoms with Gasteiger partial charge in [0.05, 0.1) is 11.7 Å². The number of halogens is 1. The molecule has 1 aliphatic rings. The largest absolute Gasteiger partial charge is 0.452 e. The Balaban J connectivity index is 1.50. The maximum Gasteiger partial charge on any atom is 0.224 e. The van der Waals surface area contributed by atoms with Gasteiger partial charge >= 0.3 is 0 Å². The SMILES string of the molecule is CCC(=O)Nc1ccc(N2C(=S)NC(c3ccccn3)C2c2ccc(Sc3ccc(Cl)cc3)o2)cc1C. The van der Waals surface area contributed by atoms with Gasteiger partial charge in [0.25, 0.3) is 0 Å². The molecule has 6 nitrogen and oxygen atoms in total. The second-order valence-electron chi connectivity index (χ2n) is 8.61. The first kappa shape index (κ1) is 25.3. The van der Waals surface area contributed by atoms with Crippen LogP contribution in [0.2, 0.25) is 5.02 Å². The van der Waals surface area contributed by atoms with Gasteiger partial charge in [-0.25, -0.2) is 0 Å². The maximum absolute atomic E-state index is 11.9. The molecule has 3 heterocycles. The number of amides is 1. The van der Waals surface area contributed by atoms with Crippen molar-refractivity contribution < 1.29 is 9.21 Å². The molecule has 1 aliphatic heterocycles. The molecular formula is C28H25ClN4O2S2. The molecule has 2 atom stereocenters. The third-order valence-corrected chi connectivity index (χ3v) is 7.60. The summed E-state index contributed by atoms with van der Waals surface area (Å²) in [4.78, 5) is 19.6. The van der Waals surface area contributed by atoms with E-state index in [9.17, 15) is 4.79 Å². The summed E-state index contributed by atoms with van der Waals surface area (Å²) in [6, 6.07) is 22.9. The van der Waals surface area contributed by atoms with Crippen molar-refractivity contribution in [2.75, 3.05) is 10.2 Å². The van der Waals surface area contributed by atoms with Crippen LogP contribution in [0.1, 0.15) is 42.4 Å². The summed E-state index contributed by atoms with van der Waals surface area (Å²) in [5.41, 5.74) is 3.49. The maximum atomic E-state index is 11.9. The number of thiocarbonyl (C=S) groups is 1. The van der Waals surface area contributed by atoms with Crippen molar-refractivity contribution in [3.8, 4) is 0 Å². The molecule has 0 aliphatic carbocycles. The lowest BCUT2D eigenvalue weighted by atomic mass is 10.0. The summed E-state index contributed by atoms with van der Waals surface area (Å²) in [5, 5.41) is 8.44. The predicted molar refractivity (Wildman–Crippen MR) is 152 cm³/mol. The zero-order valence-electron chi connectivity index (χ0n) is 20.3. The minimum atomic E-state index is -0.266. The van der Waals surface area contributed by atoms with E-state index in [-0.39, 0.29) is 18.0 Å². The summed E-state index contributed by atoms with van der Waals surface area (Å²) >= 11 is 13.4. The molecule has 4 aromatic rings. The van der Waals surface area contributed by atoms with Crippen LogP contribution in [0.4, 0.5) is 11.4 Å². The Bertz CT molecular complexity index is 1430. The Morgan fingerprint density at radius 3 is 2.68 bits per heavy atom. The molecular weight excluding hydrogens is 524 g/mol. The first-order valence-electron chi connectivity index (χ1n) is 11.9. The van der Waals surface area contributed by atoms with Gasteiger partial charge in [0.15, 0.2) is 10.2 Å². The van der Waals surface area contributed by atoms with E-state index in [1.54, 1.807) is 6.20 Å². The molecule has 9 heteroatoms. The van der Waals surface area contributed by atoms with E-state index >= 15 is 0 Å². The number of pyridine rings is 1. The molecule has 0 bridgehead atoms. The van der Waals surface area contributed by atoms with E-state index in [0.717, 1.165) is 38.4 Å². The van der Waals surface area contributed by atoms with E-state index in [1.165, 1.54) is 11.8 Å². The normalized spacial score (nSPS) is 17.1. The Morgan fingerprint density at radius 2 is 1.97 bits per heavy atom. The van der Waals surface area contributed by atoms with Crippen LogP contribution in [0.3, 0.4) is 0 Å². The highest BCUT2D eigenvalue weighted by Gasteiger charge is 2.42. The lowest BCUT2D eigenvalue weighted by Gasteiger charge is -2.26. The van der Waals surface area contributed by atoms with Crippen LogP contribution in [-0.2, 0) is 4.79 Å². The van der Waals surface area contributed by atoms with Crippen molar-refractivity contribution in [3.05, 3.63) is 101 Å². The molecule has 5 rings (SSSR count). The summed E-state index contributed by atoms with van der Waals surface area (Å²) in [5.74, 6) is 0.740. The fraction of sp³-hybridized carbons (Fsp3) is 0.179. The first-order valence-corrected chi connectivity index (χ1v) is 13.5. The first-order chi connectivity index (χ1) is 17.9. The third-order valence-electron chi connectivity index (χ3n) is 6.11. The van der Waals surface area contributed by atoms with E-state index in [4.69, 9.17) is 28.2 Å². The number of carbonyl (C=O) groups is 1. The predicted octanol–water partition coefficient (Wildman–Crippen LogP) is 7.31. The van der Waals surface area contributed by atoms with Crippen LogP contribution in [-0.4, -0.2) is 16.0 Å². The molecule has 0 saturated carbocycles. The molecule has 1 saturated heterocycles.